The molecule has 0 aliphatic carbocycles. The van der Waals surface area contributed by atoms with E-state index < -0.39 is 0 Å². The number of benzene rings is 1. The fourth-order valence-electron chi connectivity index (χ4n) is 2.58. The van der Waals surface area contributed by atoms with E-state index in [-0.39, 0.29) is 0 Å². The van der Waals surface area contributed by atoms with E-state index in [1.807, 2.05) is 53.1 Å². The zero-order valence-electron chi connectivity index (χ0n) is 12.5. The first-order chi connectivity index (χ1) is 11.4. The molecule has 5 heteroatoms. The first-order valence-electron chi connectivity index (χ1n) is 7.25. The van der Waals surface area contributed by atoms with Crippen LogP contribution in [0.15, 0.2) is 67.1 Å². The smallest absolute Gasteiger partial charge is 0.164 e. The Balaban J connectivity index is 1.99. The third-order valence-electron chi connectivity index (χ3n) is 3.67. The van der Waals surface area contributed by atoms with Gasteiger partial charge in [0.25, 0.3) is 0 Å². The van der Waals surface area contributed by atoms with Gasteiger partial charge < -0.3 is 4.74 Å². The Labute approximate surface area is 133 Å². The summed E-state index contributed by atoms with van der Waals surface area (Å²) < 4.78 is 7.27. The Morgan fingerprint density at radius 2 is 1.78 bits per heavy atom. The number of hydrogen-bond acceptors (Lipinski definition) is 4. The first kappa shape index (κ1) is 13.5. The van der Waals surface area contributed by atoms with Crippen LogP contribution in [0.4, 0.5) is 0 Å². The van der Waals surface area contributed by atoms with Crippen LogP contribution in [0.5, 0.6) is 5.75 Å². The molecular weight excluding hydrogens is 288 g/mol. The zero-order valence-corrected chi connectivity index (χ0v) is 12.5. The zero-order chi connectivity index (χ0) is 15.6. The van der Waals surface area contributed by atoms with E-state index in [2.05, 4.69) is 9.97 Å². The van der Waals surface area contributed by atoms with Crippen LogP contribution in [0.25, 0.3) is 28.2 Å². The average Bonchev–Trinajstić information content (AvgIpc) is 3.02. The van der Waals surface area contributed by atoms with Crippen LogP contribution >= 0.6 is 0 Å². The van der Waals surface area contributed by atoms with Crippen LogP contribution in [0.2, 0.25) is 0 Å². The molecule has 3 heterocycles. The predicted octanol–water partition coefficient (Wildman–Crippen LogP) is 3.49. The summed E-state index contributed by atoms with van der Waals surface area (Å²) in [6.45, 7) is 0. The van der Waals surface area contributed by atoms with Crippen LogP contribution in [-0.4, -0.2) is 26.6 Å². The number of imidazole rings is 1. The molecule has 0 saturated carbocycles. The van der Waals surface area contributed by atoms with Crippen molar-refractivity contribution in [3.8, 4) is 22.8 Å². The molecule has 0 unspecified atom stereocenters. The molecule has 0 aliphatic rings. The van der Waals surface area contributed by atoms with Gasteiger partial charge in [0, 0.05) is 29.8 Å². The summed E-state index contributed by atoms with van der Waals surface area (Å²) in [4.78, 5) is 13.4. The number of pyridine rings is 2. The van der Waals surface area contributed by atoms with Crippen LogP contribution in [-0.2, 0) is 0 Å². The highest BCUT2D eigenvalue weighted by Gasteiger charge is 2.15. The Hall–Kier alpha value is -3.21. The lowest BCUT2D eigenvalue weighted by Crippen LogP contribution is -1.99. The number of ether oxygens (including phenoxy) is 1. The molecule has 0 radical (unpaired) electrons. The lowest BCUT2D eigenvalue weighted by atomic mass is 10.2. The molecule has 4 rings (SSSR count). The largest absolute Gasteiger partial charge is 0.497 e. The molecule has 4 aromatic rings. The van der Waals surface area contributed by atoms with Crippen LogP contribution in [0.1, 0.15) is 0 Å². The van der Waals surface area contributed by atoms with Gasteiger partial charge in [-0.3, -0.25) is 9.55 Å². The van der Waals surface area contributed by atoms with Gasteiger partial charge >= 0.3 is 0 Å². The van der Waals surface area contributed by atoms with E-state index in [1.54, 1.807) is 25.7 Å². The minimum absolute atomic E-state index is 0.814. The third-order valence-corrected chi connectivity index (χ3v) is 3.67. The second kappa shape index (κ2) is 5.53. The Kier molecular flexibility index (Phi) is 3.24. The highest BCUT2D eigenvalue weighted by atomic mass is 16.5. The number of nitrogens with zero attached hydrogens (tertiary/aromatic N) is 4. The summed E-state index contributed by atoms with van der Waals surface area (Å²) in [7, 11) is 1.66. The van der Waals surface area contributed by atoms with E-state index in [0.717, 1.165) is 34.0 Å². The van der Waals surface area contributed by atoms with E-state index in [0.29, 0.717) is 0 Å². The van der Waals surface area contributed by atoms with Gasteiger partial charge in [-0.1, -0.05) is 0 Å². The van der Waals surface area contributed by atoms with Gasteiger partial charge in [0.2, 0.25) is 0 Å². The van der Waals surface area contributed by atoms with Crippen molar-refractivity contribution in [2.45, 2.75) is 0 Å². The quantitative estimate of drug-likeness (QED) is 0.581. The summed E-state index contributed by atoms with van der Waals surface area (Å²) in [5.74, 6) is 1.63. The molecular formula is C18H14N4O. The summed E-state index contributed by atoms with van der Waals surface area (Å²) in [5, 5.41) is 0. The second-order valence-electron chi connectivity index (χ2n) is 5.06. The van der Waals surface area contributed by atoms with Crippen molar-refractivity contribution in [3.63, 3.8) is 0 Å². The number of methoxy groups -OCH3 is 1. The van der Waals surface area contributed by atoms with Crippen LogP contribution < -0.4 is 4.74 Å². The monoisotopic (exact) mass is 302 g/mol. The van der Waals surface area contributed by atoms with Crippen molar-refractivity contribution in [2.75, 3.05) is 7.11 Å². The van der Waals surface area contributed by atoms with Crippen molar-refractivity contribution in [3.05, 3.63) is 67.1 Å². The van der Waals surface area contributed by atoms with Crippen molar-refractivity contribution >= 4 is 11.2 Å². The predicted molar refractivity (Wildman–Crippen MR) is 88.6 cm³/mol. The number of rotatable bonds is 3. The standard InChI is InChI=1S/C18H14N4O/c1-23-15-8-6-14(7-9-15)22-17(13-4-2-10-19-12-13)21-16-5-3-11-20-18(16)22/h2-12H,1H3. The minimum atomic E-state index is 0.814. The maximum atomic E-state index is 5.24. The van der Waals surface area contributed by atoms with E-state index in [4.69, 9.17) is 9.72 Å². The molecule has 0 bridgehead atoms. The molecule has 0 fully saturated rings. The van der Waals surface area contributed by atoms with Gasteiger partial charge in [-0.25, -0.2) is 9.97 Å². The summed E-state index contributed by atoms with van der Waals surface area (Å²) >= 11 is 0. The number of aromatic nitrogens is 4. The highest BCUT2D eigenvalue weighted by Crippen LogP contribution is 2.27. The molecule has 112 valence electrons. The van der Waals surface area contributed by atoms with Gasteiger partial charge in [-0.15, -0.1) is 0 Å². The van der Waals surface area contributed by atoms with E-state index in [1.165, 1.54) is 0 Å². The summed E-state index contributed by atoms with van der Waals surface area (Å²) in [5.41, 5.74) is 3.59. The van der Waals surface area contributed by atoms with Gasteiger partial charge in [-0.2, -0.15) is 0 Å². The topological polar surface area (TPSA) is 52.8 Å². The third kappa shape index (κ3) is 2.32. The fourth-order valence-corrected chi connectivity index (χ4v) is 2.58. The van der Waals surface area contributed by atoms with Crippen molar-refractivity contribution in [2.24, 2.45) is 0 Å². The minimum Gasteiger partial charge on any atom is -0.497 e. The fraction of sp³-hybridized carbons (Fsp3) is 0.0556. The van der Waals surface area contributed by atoms with Crippen LogP contribution in [0, 0.1) is 0 Å². The SMILES string of the molecule is COc1ccc(-n2c(-c3cccnc3)nc3cccnc32)cc1. The Morgan fingerprint density at radius 3 is 2.52 bits per heavy atom. The maximum absolute atomic E-state index is 5.24. The van der Waals surface area contributed by atoms with E-state index in [9.17, 15) is 0 Å². The Morgan fingerprint density at radius 1 is 0.957 bits per heavy atom. The lowest BCUT2D eigenvalue weighted by Gasteiger charge is -2.09. The summed E-state index contributed by atoms with van der Waals surface area (Å²) in [6, 6.07) is 15.6. The van der Waals surface area contributed by atoms with Crippen LogP contribution in [0.3, 0.4) is 0 Å². The normalized spacial score (nSPS) is 10.8. The highest BCUT2D eigenvalue weighted by molar-refractivity contribution is 5.79. The molecule has 1 aromatic carbocycles. The van der Waals surface area contributed by atoms with Gasteiger partial charge in [0.1, 0.15) is 17.1 Å². The summed E-state index contributed by atoms with van der Waals surface area (Å²) in [6.07, 6.45) is 5.33. The molecule has 0 spiro atoms. The number of hydrogen-bond donors (Lipinski definition) is 0. The molecule has 0 N–H and O–H groups in total. The molecule has 0 amide bonds. The van der Waals surface area contributed by atoms with Crippen molar-refractivity contribution < 1.29 is 4.74 Å². The molecule has 23 heavy (non-hydrogen) atoms. The number of fused-ring (bicyclic) bond motifs is 1. The molecule has 0 atom stereocenters. The van der Waals surface area contributed by atoms with Gasteiger partial charge in [0.05, 0.1) is 7.11 Å². The van der Waals surface area contributed by atoms with Crippen molar-refractivity contribution in [1.29, 1.82) is 0 Å². The van der Waals surface area contributed by atoms with Gasteiger partial charge in [-0.05, 0) is 48.5 Å². The molecule has 0 aliphatic heterocycles. The first-order valence-corrected chi connectivity index (χ1v) is 7.25. The molecule has 5 nitrogen and oxygen atoms in total. The second-order valence-corrected chi connectivity index (χ2v) is 5.06. The van der Waals surface area contributed by atoms with Crippen molar-refractivity contribution in [1.82, 2.24) is 19.5 Å². The average molecular weight is 302 g/mol. The lowest BCUT2D eigenvalue weighted by molar-refractivity contribution is 0.415. The Bertz CT molecular complexity index is 946. The molecule has 0 saturated heterocycles. The van der Waals surface area contributed by atoms with Gasteiger partial charge in [0.15, 0.2) is 5.65 Å². The van der Waals surface area contributed by atoms with E-state index >= 15 is 0 Å². The molecule has 3 aromatic heterocycles. The maximum Gasteiger partial charge on any atom is 0.164 e.